The molecule has 0 bridgehead atoms. The second-order valence-electron chi connectivity index (χ2n) is 8.53. The molecular formula is C26H31ClN2O4. The number of hydrogen-bond donors (Lipinski definition) is 1. The van der Waals surface area contributed by atoms with Gasteiger partial charge >= 0.3 is 0 Å². The molecule has 3 rings (SSSR count). The van der Waals surface area contributed by atoms with Crippen LogP contribution in [-0.2, 0) is 9.59 Å². The Kier molecular flexibility index (Phi) is 8.16. The topological polar surface area (TPSA) is 70.1 Å². The predicted molar refractivity (Wildman–Crippen MR) is 131 cm³/mol. The molecule has 1 heterocycles. The van der Waals surface area contributed by atoms with Gasteiger partial charge in [0, 0.05) is 17.1 Å². The summed E-state index contributed by atoms with van der Waals surface area (Å²) < 4.78 is 5.67. The van der Waals surface area contributed by atoms with Crippen LogP contribution >= 0.6 is 11.6 Å². The number of carbonyl (C=O) groups excluding carboxylic acids is 2. The lowest BCUT2D eigenvalue weighted by Crippen LogP contribution is -2.32. The van der Waals surface area contributed by atoms with Gasteiger partial charge in [0.1, 0.15) is 11.5 Å². The van der Waals surface area contributed by atoms with Crippen LogP contribution in [-0.4, -0.2) is 60.4 Å². The van der Waals surface area contributed by atoms with Crippen molar-refractivity contribution in [2.75, 3.05) is 33.8 Å². The summed E-state index contributed by atoms with van der Waals surface area (Å²) in [7, 11) is 3.92. The first-order chi connectivity index (χ1) is 15.7. The maximum Gasteiger partial charge on any atom is 0.295 e. The Morgan fingerprint density at radius 2 is 1.85 bits per heavy atom. The number of halogens is 1. The van der Waals surface area contributed by atoms with Crippen LogP contribution in [0.15, 0.2) is 48.0 Å². The first-order valence-corrected chi connectivity index (χ1v) is 11.5. The highest BCUT2D eigenvalue weighted by molar-refractivity contribution is 6.46. The fraction of sp³-hybridized carbons (Fsp3) is 0.385. The molecule has 1 aliphatic rings. The number of ether oxygens (including phenoxy) is 1. The average molecular weight is 471 g/mol. The first-order valence-electron chi connectivity index (χ1n) is 11.2. The highest BCUT2D eigenvalue weighted by Crippen LogP contribution is 2.40. The smallest absolute Gasteiger partial charge is 0.295 e. The van der Waals surface area contributed by atoms with E-state index in [-0.39, 0.29) is 11.3 Å². The minimum absolute atomic E-state index is 0.0949. The maximum atomic E-state index is 13.1. The highest BCUT2D eigenvalue weighted by atomic mass is 35.5. The molecule has 0 radical (unpaired) electrons. The third kappa shape index (κ3) is 5.57. The van der Waals surface area contributed by atoms with E-state index >= 15 is 0 Å². The summed E-state index contributed by atoms with van der Waals surface area (Å²) in [6.45, 7) is 5.64. The average Bonchev–Trinajstić information content (AvgIpc) is 3.02. The SMILES string of the molecule is CCCOc1ccc(/C(O)=C2\C(=O)C(=O)N(CCCN(C)C)C2c2ccc(Cl)cc2)c(C)c1. The molecule has 33 heavy (non-hydrogen) atoms. The molecule has 2 aromatic carbocycles. The quantitative estimate of drug-likeness (QED) is 0.323. The summed E-state index contributed by atoms with van der Waals surface area (Å²) in [6, 6.07) is 11.7. The number of benzene rings is 2. The minimum Gasteiger partial charge on any atom is -0.507 e. The van der Waals surface area contributed by atoms with E-state index < -0.39 is 17.7 Å². The van der Waals surface area contributed by atoms with Crippen LogP contribution in [0.4, 0.5) is 0 Å². The van der Waals surface area contributed by atoms with E-state index in [2.05, 4.69) is 0 Å². The number of aliphatic hydroxyl groups excluding tert-OH is 1. The van der Waals surface area contributed by atoms with E-state index in [1.54, 1.807) is 41.3 Å². The number of hydrogen-bond acceptors (Lipinski definition) is 5. The van der Waals surface area contributed by atoms with Crippen LogP contribution in [0.2, 0.25) is 5.02 Å². The Morgan fingerprint density at radius 3 is 2.45 bits per heavy atom. The second-order valence-corrected chi connectivity index (χ2v) is 8.96. The molecule has 176 valence electrons. The summed E-state index contributed by atoms with van der Waals surface area (Å²) in [5.41, 5.74) is 2.09. The van der Waals surface area contributed by atoms with Crippen molar-refractivity contribution in [1.29, 1.82) is 0 Å². The van der Waals surface area contributed by atoms with Gasteiger partial charge in [0.2, 0.25) is 0 Å². The normalized spacial score (nSPS) is 17.8. The Bertz CT molecular complexity index is 1050. The van der Waals surface area contributed by atoms with Crippen LogP contribution in [0.1, 0.15) is 42.5 Å². The number of carbonyl (C=O) groups is 2. The molecular weight excluding hydrogens is 440 g/mol. The third-order valence-corrected chi connectivity index (χ3v) is 5.91. The van der Waals surface area contributed by atoms with Crippen LogP contribution in [0.5, 0.6) is 5.75 Å². The number of aliphatic hydroxyl groups is 1. The van der Waals surface area contributed by atoms with Crippen LogP contribution in [0.25, 0.3) is 5.76 Å². The Morgan fingerprint density at radius 1 is 1.15 bits per heavy atom. The number of likely N-dealkylation sites (tertiary alicyclic amines) is 1. The fourth-order valence-electron chi connectivity index (χ4n) is 4.02. The number of Topliss-reactive ketones (excluding diaryl/α,β-unsaturated/α-hetero) is 1. The number of ketones is 1. The third-order valence-electron chi connectivity index (χ3n) is 5.66. The summed E-state index contributed by atoms with van der Waals surface area (Å²) in [5.74, 6) is -0.758. The summed E-state index contributed by atoms with van der Waals surface area (Å²) in [4.78, 5) is 29.7. The first kappa shape index (κ1) is 24.8. The van der Waals surface area contributed by atoms with Gasteiger partial charge < -0.3 is 19.6 Å². The van der Waals surface area contributed by atoms with Gasteiger partial charge in [-0.15, -0.1) is 0 Å². The van der Waals surface area contributed by atoms with Crippen molar-refractivity contribution in [3.8, 4) is 5.75 Å². The van der Waals surface area contributed by atoms with Gasteiger partial charge in [-0.3, -0.25) is 9.59 Å². The number of nitrogens with zero attached hydrogens (tertiary/aromatic N) is 2. The molecule has 0 saturated carbocycles. The van der Waals surface area contributed by atoms with E-state index in [9.17, 15) is 14.7 Å². The van der Waals surface area contributed by atoms with E-state index in [1.165, 1.54) is 0 Å². The van der Waals surface area contributed by atoms with Crippen molar-refractivity contribution in [2.45, 2.75) is 32.7 Å². The van der Waals surface area contributed by atoms with E-state index in [1.807, 2.05) is 38.9 Å². The van der Waals surface area contributed by atoms with Crippen molar-refractivity contribution in [2.24, 2.45) is 0 Å². The van der Waals surface area contributed by atoms with Gasteiger partial charge in [0.05, 0.1) is 18.2 Å². The molecule has 1 unspecified atom stereocenters. The summed E-state index contributed by atoms with van der Waals surface area (Å²) >= 11 is 6.07. The fourth-order valence-corrected chi connectivity index (χ4v) is 4.14. The molecule has 1 fully saturated rings. The number of aryl methyl sites for hydroxylation is 1. The maximum absolute atomic E-state index is 13.1. The highest BCUT2D eigenvalue weighted by Gasteiger charge is 2.45. The van der Waals surface area contributed by atoms with Gasteiger partial charge in [-0.05, 0) is 81.9 Å². The molecule has 0 aromatic heterocycles. The molecule has 1 aliphatic heterocycles. The van der Waals surface area contributed by atoms with E-state index in [4.69, 9.17) is 16.3 Å². The lowest BCUT2D eigenvalue weighted by molar-refractivity contribution is -0.139. The lowest BCUT2D eigenvalue weighted by Gasteiger charge is -2.26. The van der Waals surface area contributed by atoms with Gasteiger partial charge in [-0.2, -0.15) is 0 Å². The lowest BCUT2D eigenvalue weighted by atomic mass is 9.94. The zero-order valence-corrected chi connectivity index (χ0v) is 20.4. The van der Waals surface area contributed by atoms with Crippen molar-refractivity contribution in [3.63, 3.8) is 0 Å². The molecule has 0 spiro atoms. The van der Waals surface area contributed by atoms with Crippen LogP contribution in [0, 0.1) is 6.92 Å². The summed E-state index contributed by atoms with van der Waals surface area (Å²) in [6.07, 6.45) is 1.59. The Labute approximate surface area is 200 Å². The largest absolute Gasteiger partial charge is 0.507 e. The van der Waals surface area contributed by atoms with Gasteiger partial charge in [0.25, 0.3) is 11.7 Å². The Hall–Kier alpha value is -2.83. The van der Waals surface area contributed by atoms with Gasteiger partial charge in [-0.25, -0.2) is 0 Å². The van der Waals surface area contributed by atoms with Crippen molar-refractivity contribution < 1.29 is 19.4 Å². The number of rotatable bonds is 9. The van der Waals surface area contributed by atoms with E-state index in [0.29, 0.717) is 35.9 Å². The molecule has 1 atom stereocenters. The number of amides is 1. The van der Waals surface area contributed by atoms with Crippen molar-refractivity contribution >= 4 is 29.1 Å². The standard InChI is InChI=1S/C26H31ClN2O4/c1-5-15-33-20-11-12-21(17(2)16-20)24(30)22-23(18-7-9-19(27)10-8-18)29(26(32)25(22)31)14-6-13-28(3)4/h7-12,16,23,30H,5-6,13-15H2,1-4H3/b24-22+. The van der Waals surface area contributed by atoms with Gasteiger partial charge in [-0.1, -0.05) is 30.7 Å². The van der Waals surface area contributed by atoms with E-state index in [0.717, 1.165) is 24.1 Å². The molecule has 7 heteroatoms. The summed E-state index contributed by atoms with van der Waals surface area (Å²) in [5, 5.41) is 11.8. The molecule has 2 aromatic rings. The molecule has 1 amide bonds. The van der Waals surface area contributed by atoms with Crippen molar-refractivity contribution in [3.05, 3.63) is 69.8 Å². The Balaban J connectivity index is 2.06. The molecule has 6 nitrogen and oxygen atoms in total. The zero-order chi connectivity index (χ0) is 24.1. The molecule has 1 N–H and O–H groups in total. The molecule has 1 saturated heterocycles. The van der Waals surface area contributed by atoms with Crippen LogP contribution in [0.3, 0.4) is 0 Å². The second kappa shape index (κ2) is 10.9. The van der Waals surface area contributed by atoms with Crippen LogP contribution < -0.4 is 4.74 Å². The predicted octanol–water partition coefficient (Wildman–Crippen LogP) is 4.81. The van der Waals surface area contributed by atoms with Crippen molar-refractivity contribution in [1.82, 2.24) is 9.80 Å². The van der Waals surface area contributed by atoms with Gasteiger partial charge in [0.15, 0.2) is 0 Å². The monoisotopic (exact) mass is 470 g/mol. The zero-order valence-electron chi connectivity index (χ0n) is 19.6. The molecule has 0 aliphatic carbocycles. The minimum atomic E-state index is -0.681.